The second-order valence-electron chi connectivity index (χ2n) is 4.52. The molecule has 0 amide bonds. The number of rotatable bonds is 8. The van der Waals surface area contributed by atoms with Crippen LogP contribution in [0.3, 0.4) is 0 Å². The van der Waals surface area contributed by atoms with Crippen molar-refractivity contribution in [2.75, 3.05) is 0 Å². The van der Waals surface area contributed by atoms with Gasteiger partial charge in [-0.05, 0) is 31.3 Å². The Morgan fingerprint density at radius 3 is 1.94 bits per heavy atom. The van der Waals surface area contributed by atoms with Crippen LogP contribution in [0.1, 0.15) is 25.7 Å². The van der Waals surface area contributed by atoms with Crippen molar-refractivity contribution >= 4 is 0 Å². The zero-order chi connectivity index (χ0) is 12.7. The van der Waals surface area contributed by atoms with Crippen LogP contribution in [0.4, 0.5) is 0 Å². The van der Waals surface area contributed by atoms with Crippen LogP contribution in [0.15, 0.2) is 73.9 Å². The first kappa shape index (κ1) is 13.5. The van der Waals surface area contributed by atoms with Crippen LogP contribution >= 0.6 is 0 Å². The van der Waals surface area contributed by atoms with Gasteiger partial charge in [-0.15, -0.1) is 26.3 Å². The van der Waals surface area contributed by atoms with Gasteiger partial charge in [0.1, 0.15) is 0 Å². The van der Waals surface area contributed by atoms with E-state index in [9.17, 15) is 0 Å². The Labute approximate surface area is 105 Å². The van der Waals surface area contributed by atoms with Gasteiger partial charge in [0.25, 0.3) is 0 Å². The molecule has 0 N–H and O–H groups in total. The first-order valence-electron chi connectivity index (χ1n) is 6.08. The molecule has 0 saturated carbocycles. The monoisotopic (exact) mass is 226 g/mol. The van der Waals surface area contributed by atoms with E-state index in [4.69, 9.17) is 0 Å². The van der Waals surface area contributed by atoms with E-state index >= 15 is 0 Å². The van der Waals surface area contributed by atoms with E-state index in [1.807, 2.05) is 24.3 Å². The highest BCUT2D eigenvalue weighted by atomic mass is 14.4. The summed E-state index contributed by atoms with van der Waals surface area (Å²) in [4.78, 5) is 0. The van der Waals surface area contributed by atoms with Gasteiger partial charge in [-0.1, -0.05) is 42.0 Å². The quantitative estimate of drug-likeness (QED) is 0.502. The molecule has 0 unspecified atom stereocenters. The molecule has 0 saturated heterocycles. The molecule has 0 heteroatoms. The smallest absolute Gasteiger partial charge is 0.0171 e. The maximum atomic E-state index is 3.88. The summed E-state index contributed by atoms with van der Waals surface area (Å²) in [6.07, 6.45) is 16.3. The second kappa shape index (κ2) is 6.24. The lowest BCUT2D eigenvalue weighted by Gasteiger charge is -2.28. The summed E-state index contributed by atoms with van der Waals surface area (Å²) in [7, 11) is 0. The Hall–Kier alpha value is -1.56. The van der Waals surface area contributed by atoms with Gasteiger partial charge in [-0.2, -0.15) is 0 Å². The van der Waals surface area contributed by atoms with Gasteiger partial charge in [-0.25, -0.2) is 0 Å². The fourth-order valence-corrected chi connectivity index (χ4v) is 2.54. The van der Waals surface area contributed by atoms with Crippen LogP contribution in [-0.2, 0) is 0 Å². The molecule has 1 aliphatic rings. The van der Waals surface area contributed by atoms with E-state index in [2.05, 4.69) is 38.5 Å². The Balaban J connectivity index is 3.09. The minimum atomic E-state index is 0.0794. The van der Waals surface area contributed by atoms with E-state index in [0.29, 0.717) is 0 Å². The van der Waals surface area contributed by atoms with Crippen LogP contribution in [-0.4, -0.2) is 0 Å². The summed E-state index contributed by atoms with van der Waals surface area (Å²) in [5.74, 6) is 0. The fraction of sp³-hybridized carbons (Fsp3) is 0.294. The zero-order valence-corrected chi connectivity index (χ0v) is 10.6. The number of hydrogen-bond acceptors (Lipinski definition) is 0. The zero-order valence-electron chi connectivity index (χ0n) is 10.6. The van der Waals surface area contributed by atoms with Crippen molar-refractivity contribution in [1.29, 1.82) is 0 Å². The minimum Gasteiger partial charge on any atom is -0.103 e. The van der Waals surface area contributed by atoms with E-state index in [1.54, 1.807) is 0 Å². The molecular weight excluding hydrogens is 204 g/mol. The maximum Gasteiger partial charge on any atom is 0.0171 e. The van der Waals surface area contributed by atoms with Crippen molar-refractivity contribution in [3.8, 4) is 0 Å². The third-order valence-electron chi connectivity index (χ3n) is 3.22. The molecule has 0 fully saturated rings. The van der Waals surface area contributed by atoms with Crippen molar-refractivity contribution in [1.82, 2.24) is 0 Å². The van der Waals surface area contributed by atoms with E-state index in [0.717, 1.165) is 25.7 Å². The Morgan fingerprint density at radius 1 is 0.882 bits per heavy atom. The van der Waals surface area contributed by atoms with Crippen molar-refractivity contribution in [3.05, 3.63) is 73.9 Å². The lowest BCUT2D eigenvalue weighted by Crippen LogP contribution is -2.17. The van der Waals surface area contributed by atoms with Crippen LogP contribution < -0.4 is 0 Å². The molecule has 0 nitrogen and oxygen atoms in total. The van der Waals surface area contributed by atoms with Gasteiger partial charge in [0.15, 0.2) is 0 Å². The Kier molecular flexibility index (Phi) is 4.96. The predicted molar refractivity (Wildman–Crippen MR) is 77.9 cm³/mol. The molecule has 0 heterocycles. The van der Waals surface area contributed by atoms with Gasteiger partial charge in [0, 0.05) is 5.41 Å². The topological polar surface area (TPSA) is 0 Å². The molecule has 0 radical (unpaired) electrons. The number of allylic oxidation sites excluding steroid dienone is 8. The molecule has 0 spiro atoms. The van der Waals surface area contributed by atoms with Crippen LogP contribution in [0.25, 0.3) is 0 Å². The van der Waals surface area contributed by atoms with Crippen molar-refractivity contribution in [2.45, 2.75) is 25.7 Å². The summed E-state index contributed by atoms with van der Waals surface area (Å²) in [6.45, 7) is 15.4. The van der Waals surface area contributed by atoms with E-state index in [1.165, 1.54) is 11.1 Å². The van der Waals surface area contributed by atoms with Crippen LogP contribution in [0, 0.1) is 5.41 Å². The van der Waals surface area contributed by atoms with Crippen LogP contribution in [0.5, 0.6) is 0 Å². The van der Waals surface area contributed by atoms with Crippen molar-refractivity contribution in [2.24, 2.45) is 5.41 Å². The predicted octanol–water partition coefficient (Wildman–Crippen LogP) is 5.14. The van der Waals surface area contributed by atoms with E-state index in [-0.39, 0.29) is 5.41 Å². The van der Waals surface area contributed by atoms with Crippen molar-refractivity contribution < 1.29 is 0 Å². The molecule has 17 heavy (non-hydrogen) atoms. The minimum absolute atomic E-state index is 0.0794. The molecule has 1 rings (SSSR count). The fourth-order valence-electron chi connectivity index (χ4n) is 2.54. The van der Waals surface area contributed by atoms with Crippen LogP contribution in [0.2, 0.25) is 0 Å². The van der Waals surface area contributed by atoms with Crippen molar-refractivity contribution in [3.63, 3.8) is 0 Å². The molecule has 0 atom stereocenters. The highest BCUT2D eigenvalue weighted by molar-refractivity contribution is 5.43. The molecule has 0 aliphatic heterocycles. The molecule has 90 valence electrons. The Bertz CT molecular complexity index is 367. The third kappa shape index (κ3) is 2.97. The first-order chi connectivity index (χ1) is 8.22. The average molecular weight is 226 g/mol. The standard InChI is InChI=1S/C17H22/c1-5-9-15-13-16(10-6-2)17(14-15,11-7-3)12-8-4/h5-8,13-14H,1-4,9-12H2. The lowest BCUT2D eigenvalue weighted by molar-refractivity contribution is 0.472. The highest BCUT2D eigenvalue weighted by Crippen LogP contribution is 2.45. The normalized spacial score (nSPS) is 16.9. The van der Waals surface area contributed by atoms with Gasteiger partial charge in [0.05, 0.1) is 0 Å². The number of hydrogen-bond donors (Lipinski definition) is 0. The second-order valence-corrected chi connectivity index (χ2v) is 4.52. The molecule has 0 aromatic heterocycles. The molecule has 0 bridgehead atoms. The van der Waals surface area contributed by atoms with Gasteiger partial charge >= 0.3 is 0 Å². The molecule has 0 aromatic carbocycles. The SMILES string of the molecule is C=CCC1=CC(CC=C)(CC=C)C(CC=C)=C1. The molecule has 0 aromatic rings. The lowest BCUT2D eigenvalue weighted by atomic mass is 9.75. The Morgan fingerprint density at radius 2 is 1.47 bits per heavy atom. The van der Waals surface area contributed by atoms with E-state index < -0.39 is 0 Å². The first-order valence-corrected chi connectivity index (χ1v) is 6.08. The summed E-state index contributed by atoms with van der Waals surface area (Å²) < 4.78 is 0. The largest absolute Gasteiger partial charge is 0.103 e. The third-order valence-corrected chi connectivity index (χ3v) is 3.22. The average Bonchev–Trinajstić information content (AvgIpc) is 2.59. The summed E-state index contributed by atoms with van der Waals surface area (Å²) in [5.41, 5.74) is 2.85. The highest BCUT2D eigenvalue weighted by Gasteiger charge is 2.32. The molecule has 1 aliphatic carbocycles. The maximum absolute atomic E-state index is 3.88. The van der Waals surface area contributed by atoms with Gasteiger partial charge in [0.2, 0.25) is 0 Å². The van der Waals surface area contributed by atoms with Gasteiger partial charge in [-0.3, -0.25) is 0 Å². The summed E-state index contributed by atoms with van der Waals surface area (Å²) >= 11 is 0. The summed E-state index contributed by atoms with van der Waals surface area (Å²) in [5, 5.41) is 0. The summed E-state index contributed by atoms with van der Waals surface area (Å²) in [6, 6.07) is 0. The molecular formula is C17H22. The van der Waals surface area contributed by atoms with Gasteiger partial charge < -0.3 is 0 Å².